The van der Waals surface area contributed by atoms with Crippen molar-refractivity contribution >= 4 is 15.8 Å². The van der Waals surface area contributed by atoms with Crippen LogP contribution in [-0.2, 0) is 10.0 Å². The summed E-state index contributed by atoms with van der Waals surface area (Å²) in [4.78, 5) is 4.26. The molecule has 0 saturated carbocycles. The van der Waals surface area contributed by atoms with E-state index in [9.17, 15) is 8.42 Å². The van der Waals surface area contributed by atoms with Gasteiger partial charge >= 0.3 is 0 Å². The summed E-state index contributed by atoms with van der Waals surface area (Å²) in [6.07, 6.45) is 1.93. The maximum atomic E-state index is 12.0. The average Bonchev–Trinajstić information content (AvgIpc) is 2.39. The Labute approximate surface area is 113 Å². The largest absolute Gasteiger partial charge is 0.395 e. The van der Waals surface area contributed by atoms with Gasteiger partial charge < -0.3 is 5.11 Å². The van der Waals surface area contributed by atoms with E-state index in [4.69, 9.17) is 5.11 Å². The molecule has 6 heteroatoms. The third-order valence-electron chi connectivity index (χ3n) is 2.79. The molecule has 1 aromatic heterocycles. The van der Waals surface area contributed by atoms with Crippen molar-refractivity contribution in [3.8, 4) is 11.8 Å². The number of aliphatic hydroxyl groups is 1. The van der Waals surface area contributed by atoms with E-state index >= 15 is 0 Å². The van der Waals surface area contributed by atoms with Gasteiger partial charge in [-0.05, 0) is 30.9 Å². The predicted octanol–water partition coefficient (Wildman–Crippen LogP) is 0.746. The van der Waals surface area contributed by atoms with Crippen LogP contribution in [0.25, 0.3) is 0 Å². The lowest BCUT2D eigenvalue weighted by atomic mass is 10.3. The molecule has 0 bridgehead atoms. The molecule has 1 aromatic rings. The van der Waals surface area contributed by atoms with Crippen LogP contribution >= 0.6 is 0 Å². The average molecular weight is 280 g/mol. The second kappa shape index (κ2) is 6.04. The number of hydrogen-bond donors (Lipinski definition) is 1. The molecule has 0 aliphatic carbocycles. The number of nitrogens with zero attached hydrogens (tertiary/aromatic N) is 2. The zero-order valence-corrected chi connectivity index (χ0v) is 11.4. The van der Waals surface area contributed by atoms with E-state index in [0.717, 1.165) is 6.42 Å². The van der Waals surface area contributed by atoms with E-state index in [1.54, 1.807) is 18.2 Å². The monoisotopic (exact) mass is 280 g/mol. The molecule has 0 radical (unpaired) electrons. The lowest BCUT2D eigenvalue weighted by Crippen LogP contribution is -2.38. The van der Waals surface area contributed by atoms with Crippen LogP contribution < -0.4 is 4.31 Å². The summed E-state index contributed by atoms with van der Waals surface area (Å²) < 4.78 is 25.3. The molecule has 1 N–H and O–H groups in total. The van der Waals surface area contributed by atoms with Gasteiger partial charge in [-0.2, -0.15) is 0 Å². The van der Waals surface area contributed by atoms with Gasteiger partial charge in [0.25, 0.3) is 0 Å². The summed E-state index contributed by atoms with van der Waals surface area (Å²) >= 11 is 0. The topological polar surface area (TPSA) is 70.5 Å². The Kier molecular flexibility index (Phi) is 4.40. The van der Waals surface area contributed by atoms with Crippen molar-refractivity contribution in [1.29, 1.82) is 0 Å². The maximum absolute atomic E-state index is 12.0. The summed E-state index contributed by atoms with van der Waals surface area (Å²) in [7, 11) is -3.24. The second-order valence-corrected chi connectivity index (χ2v) is 6.26. The molecule has 2 rings (SSSR count). The molecule has 0 spiro atoms. The first-order valence-corrected chi connectivity index (χ1v) is 7.81. The Bertz CT molecular complexity index is 602. The number of anilines is 1. The Morgan fingerprint density at radius 2 is 2.21 bits per heavy atom. The first kappa shape index (κ1) is 13.8. The van der Waals surface area contributed by atoms with Crippen molar-refractivity contribution in [1.82, 2.24) is 4.98 Å². The number of pyridine rings is 1. The van der Waals surface area contributed by atoms with E-state index < -0.39 is 10.0 Å². The smallest absolute Gasteiger partial charge is 0.236 e. The third-order valence-corrected chi connectivity index (χ3v) is 4.64. The van der Waals surface area contributed by atoms with Crippen LogP contribution in [0, 0.1) is 11.8 Å². The standard InChI is InChI=1S/C13H16N2O3S/c16-10-3-1-6-12-7-5-8-13(14-12)15-9-2-4-11-19(15,17)18/h5,7-8,16H,2-4,9-11H2. The SMILES string of the molecule is O=S1(=O)CCCCN1c1cccc(C#CCCO)n1. The molecule has 1 saturated heterocycles. The molecule has 0 atom stereocenters. The molecular formula is C13H16N2O3S. The van der Waals surface area contributed by atoms with Gasteiger partial charge in [-0.1, -0.05) is 12.0 Å². The van der Waals surface area contributed by atoms with Crippen molar-refractivity contribution in [3.63, 3.8) is 0 Å². The summed E-state index contributed by atoms with van der Waals surface area (Å²) in [6, 6.07) is 5.15. The van der Waals surface area contributed by atoms with Gasteiger partial charge in [0.15, 0.2) is 0 Å². The van der Waals surface area contributed by atoms with Crippen molar-refractivity contribution in [2.75, 3.05) is 23.2 Å². The van der Waals surface area contributed by atoms with Crippen LogP contribution in [0.3, 0.4) is 0 Å². The first-order chi connectivity index (χ1) is 9.13. The fourth-order valence-electron chi connectivity index (χ4n) is 1.89. The van der Waals surface area contributed by atoms with Crippen molar-refractivity contribution in [2.45, 2.75) is 19.3 Å². The van der Waals surface area contributed by atoms with E-state index in [1.807, 2.05) is 0 Å². The summed E-state index contributed by atoms with van der Waals surface area (Å²) in [5.74, 6) is 6.18. The highest BCUT2D eigenvalue weighted by molar-refractivity contribution is 7.92. The van der Waals surface area contributed by atoms with Gasteiger partial charge in [-0.15, -0.1) is 0 Å². The van der Waals surface area contributed by atoms with Crippen LogP contribution in [-0.4, -0.2) is 37.4 Å². The zero-order valence-electron chi connectivity index (χ0n) is 10.5. The fraction of sp³-hybridized carbons (Fsp3) is 0.462. The molecule has 2 heterocycles. The van der Waals surface area contributed by atoms with Crippen molar-refractivity contribution in [2.24, 2.45) is 0 Å². The molecular weight excluding hydrogens is 264 g/mol. The summed E-state index contributed by atoms with van der Waals surface area (Å²) in [6.45, 7) is 0.482. The predicted molar refractivity (Wildman–Crippen MR) is 73.2 cm³/mol. The Hall–Kier alpha value is -1.58. The number of aliphatic hydroxyl groups excluding tert-OH is 1. The highest BCUT2D eigenvalue weighted by atomic mass is 32.2. The lowest BCUT2D eigenvalue weighted by Gasteiger charge is -2.27. The minimum absolute atomic E-state index is 0.00714. The Morgan fingerprint density at radius 3 is 2.95 bits per heavy atom. The minimum atomic E-state index is -3.24. The van der Waals surface area contributed by atoms with Crippen LogP contribution in [0.2, 0.25) is 0 Å². The van der Waals surface area contributed by atoms with Crippen LogP contribution in [0.4, 0.5) is 5.82 Å². The molecule has 1 fully saturated rings. The van der Waals surface area contributed by atoms with E-state index in [2.05, 4.69) is 16.8 Å². The van der Waals surface area contributed by atoms with Gasteiger partial charge in [-0.3, -0.25) is 4.31 Å². The highest BCUT2D eigenvalue weighted by Gasteiger charge is 2.26. The molecule has 0 unspecified atom stereocenters. The molecule has 1 aliphatic rings. The van der Waals surface area contributed by atoms with Crippen molar-refractivity contribution < 1.29 is 13.5 Å². The minimum Gasteiger partial charge on any atom is -0.395 e. The van der Waals surface area contributed by atoms with Crippen LogP contribution in [0.5, 0.6) is 0 Å². The summed E-state index contributed by atoms with van der Waals surface area (Å²) in [5, 5.41) is 8.66. The highest BCUT2D eigenvalue weighted by Crippen LogP contribution is 2.21. The van der Waals surface area contributed by atoms with Crippen LogP contribution in [0.15, 0.2) is 18.2 Å². The fourth-order valence-corrected chi connectivity index (χ4v) is 3.47. The molecule has 0 amide bonds. The number of sulfonamides is 1. The van der Waals surface area contributed by atoms with Gasteiger partial charge in [-0.25, -0.2) is 13.4 Å². The molecule has 1 aliphatic heterocycles. The van der Waals surface area contributed by atoms with Gasteiger partial charge in [0, 0.05) is 13.0 Å². The van der Waals surface area contributed by atoms with E-state index in [-0.39, 0.29) is 12.4 Å². The zero-order chi connectivity index (χ0) is 13.7. The maximum Gasteiger partial charge on any atom is 0.236 e. The molecule has 0 aromatic carbocycles. The van der Waals surface area contributed by atoms with Gasteiger partial charge in [0.1, 0.15) is 11.5 Å². The number of aromatic nitrogens is 1. The first-order valence-electron chi connectivity index (χ1n) is 6.21. The molecule has 102 valence electrons. The lowest BCUT2D eigenvalue weighted by molar-refractivity contribution is 0.305. The van der Waals surface area contributed by atoms with Crippen molar-refractivity contribution in [3.05, 3.63) is 23.9 Å². The summed E-state index contributed by atoms with van der Waals surface area (Å²) in [5.41, 5.74) is 0.520. The third kappa shape index (κ3) is 3.46. The van der Waals surface area contributed by atoms with Crippen LogP contribution in [0.1, 0.15) is 25.0 Å². The van der Waals surface area contributed by atoms with E-state index in [1.165, 1.54) is 4.31 Å². The van der Waals surface area contributed by atoms with Gasteiger partial charge in [0.05, 0.1) is 12.4 Å². The Balaban J connectivity index is 2.26. The molecule has 19 heavy (non-hydrogen) atoms. The van der Waals surface area contributed by atoms with Gasteiger partial charge in [0.2, 0.25) is 10.0 Å². The molecule has 5 nitrogen and oxygen atoms in total. The Morgan fingerprint density at radius 1 is 1.37 bits per heavy atom. The number of hydrogen-bond acceptors (Lipinski definition) is 4. The number of rotatable bonds is 2. The van der Waals surface area contributed by atoms with E-state index in [0.29, 0.717) is 30.9 Å². The second-order valence-electron chi connectivity index (χ2n) is 4.25. The quantitative estimate of drug-likeness (QED) is 0.811. The normalized spacial score (nSPS) is 17.6.